The molecule has 2 fully saturated rings. The molecule has 0 amide bonds. The molecule has 0 aromatic rings. The first-order chi connectivity index (χ1) is 9.21. The van der Waals surface area contributed by atoms with Crippen molar-refractivity contribution in [2.24, 2.45) is 5.41 Å². The SMILES string of the molecule is CCCNC(CC)C(C)N1CCC2(CCCC2)CC1. The first-order valence-electron chi connectivity index (χ1n) is 8.68. The van der Waals surface area contributed by atoms with E-state index in [0.717, 1.165) is 5.41 Å². The Kier molecular flexibility index (Phi) is 5.70. The molecule has 2 atom stereocenters. The van der Waals surface area contributed by atoms with Gasteiger partial charge in [0.25, 0.3) is 0 Å². The van der Waals surface area contributed by atoms with Crippen molar-refractivity contribution in [2.75, 3.05) is 19.6 Å². The van der Waals surface area contributed by atoms with Crippen molar-refractivity contribution in [3.05, 3.63) is 0 Å². The monoisotopic (exact) mass is 266 g/mol. The normalized spacial score (nSPS) is 26.7. The molecule has 1 saturated heterocycles. The molecule has 1 saturated carbocycles. The molecule has 112 valence electrons. The van der Waals surface area contributed by atoms with Crippen LogP contribution in [0.2, 0.25) is 0 Å². The van der Waals surface area contributed by atoms with Gasteiger partial charge in [0.05, 0.1) is 0 Å². The van der Waals surface area contributed by atoms with E-state index in [0.29, 0.717) is 12.1 Å². The van der Waals surface area contributed by atoms with Crippen LogP contribution >= 0.6 is 0 Å². The summed E-state index contributed by atoms with van der Waals surface area (Å²) in [4.78, 5) is 2.75. The third-order valence-electron chi connectivity index (χ3n) is 5.78. The second-order valence-electron chi connectivity index (χ2n) is 6.95. The Morgan fingerprint density at radius 3 is 2.21 bits per heavy atom. The van der Waals surface area contributed by atoms with Gasteiger partial charge in [-0.25, -0.2) is 0 Å². The maximum Gasteiger partial charge on any atom is 0.0220 e. The molecule has 1 spiro atoms. The Morgan fingerprint density at radius 2 is 1.68 bits per heavy atom. The summed E-state index contributed by atoms with van der Waals surface area (Å²) in [6, 6.07) is 1.38. The molecule has 2 aliphatic rings. The first-order valence-corrected chi connectivity index (χ1v) is 8.68. The lowest BCUT2D eigenvalue weighted by molar-refractivity contribution is 0.0666. The van der Waals surface area contributed by atoms with E-state index < -0.39 is 0 Å². The Bertz CT molecular complexity index is 248. The number of likely N-dealkylation sites (tertiary alicyclic amines) is 1. The van der Waals surface area contributed by atoms with Crippen molar-refractivity contribution in [1.82, 2.24) is 10.2 Å². The standard InChI is InChI=1S/C17H34N2/c1-4-12-18-16(5-2)15(3)19-13-10-17(11-14-19)8-6-7-9-17/h15-16,18H,4-14H2,1-3H3. The fourth-order valence-corrected chi connectivity index (χ4v) is 4.27. The molecule has 2 heteroatoms. The van der Waals surface area contributed by atoms with Gasteiger partial charge in [-0.1, -0.05) is 26.7 Å². The van der Waals surface area contributed by atoms with Crippen LogP contribution in [0, 0.1) is 5.41 Å². The highest BCUT2D eigenvalue weighted by Crippen LogP contribution is 2.46. The Morgan fingerprint density at radius 1 is 1.05 bits per heavy atom. The van der Waals surface area contributed by atoms with E-state index in [4.69, 9.17) is 0 Å². The number of nitrogens with zero attached hydrogens (tertiary/aromatic N) is 1. The molecule has 2 nitrogen and oxygen atoms in total. The lowest BCUT2D eigenvalue weighted by atomic mass is 9.76. The minimum Gasteiger partial charge on any atom is -0.312 e. The van der Waals surface area contributed by atoms with Crippen LogP contribution in [0.5, 0.6) is 0 Å². The zero-order valence-corrected chi connectivity index (χ0v) is 13.4. The summed E-state index contributed by atoms with van der Waals surface area (Å²) in [6.07, 6.45) is 11.4. The lowest BCUT2D eigenvalue weighted by Crippen LogP contribution is -2.52. The molecule has 19 heavy (non-hydrogen) atoms. The van der Waals surface area contributed by atoms with Crippen molar-refractivity contribution in [2.45, 2.75) is 84.2 Å². The van der Waals surface area contributed by atoms with Gasteiger partial charge in [0.1, 0.15) is 0 Å². The number of piperidine rings is 1. The van der Waals surface area contributed by atoms with Gasteiger partial charge < -0.3 is 5.32 Å². The minimum atomic E-state index is 0.678. The predicted octanol–water partition coefficient (Wildman–Crippen LogP) is 3.81. The third-order valence-corrected chi connectivity index (χ3v) is 5.78. The summed E-state index contributed by atoms with van der Waals surface area (Å²) in [6.45, 7) is 10.9. The Labute approximate surface area is 120 Å². The minimum absolute atomic E-state index is 0.678. The molecule has 2 rings (SSSR count). The molecular formula is C17H34N2. The number of hydrogen-bond acceptors (Lipinski definition) is 2. The summed E-state index contributed by atoms with van der Waals surface area (Å²) >= 11 is 0. The van der Waals surface area contributed by atoms with E-state index in [2.05, 4.69) is 31.0 Å². The summed E-state index contributed by atoms with van der Waals surface area (Å²) in [5.74, 6) is 0. The van der Waals surface area contributed by atoms with Gasteiger partial charge in [0, 0.05) is 12.1 Å². The number of hydrogen-bond donors (Lipinski definition) is 1. The molecular weight excluding hydrogens is 232 g/mol. The van der Waals surface area contributed by atoms with E-state index in [9.17, 15) is 0 Å². The van der Waals surface area contributed by atoms with Gasteiger partial charge in [-0.15, -0.1) is 0 Å². The maximum atomic E-state index is 3.74. The highest BCUT2D eigenvalue weighted by atomic mass is 15.2. The molecule has 0 bridgehead atoms. The number of nitrogens with one attached hydrogen (secondary N) is 1. The maximum absolute atomic E-state index is 3.74. The van der Waals surface area contributed by atoms with Gasteiger partial charge in [0.15, 0.2) is 0 Å². The zero-order valence-electron chi connectivity index (χ0n) is 13.4. The molecule has 0 aromatic heterocycles. The van der Waals surface area contributed by atoms with Crippen molar-refractivity contribution in [3.8, 4) is 0 Å². The van der Waals surface area contributed by atoms with Crippen LogP contribution in [0.15, 0.2) is 0 Å². The van der Waals surface area contributed by atoms with Crippen molar-refractivity contribution >= 4 is 0 Å². The van der Waals surface area contributed by atoms with Gasteiger partial charge in [-0.2, -0.15) is 0 Å². The fraction of sp³-hybridized carbons (Fsp3) is 1.00. The van der Waals surface area contributed by atoms with Crippen LogP contribution in [-0.4, -0.2) is 36.6 Å². The van der Waals surface area contributed by atoms with Crippen molar-refractivity contribution < 1.29 is 0 Å². The average Bonchev–Trinajstić information content (AvgIpc) is 2.88. The molecule has 1 heterocycles. The second kappa shape index (κ2) is 7.08. The van der Waals surface area contributed by atoms with Crippen molar-refractivity contribution in [3.63, 3.8) is 0 Å². The highest BCUT2D eigenvalue weighted by molar-refractivity contribution is 4.92. The quantitative estimate of drug-likeness (QED) is 0.786. The van der Waals surface area contributed by atoms with Gasteiger partial charge in [-0.05, 0) is 70.5 Å². The summed E-state index contributed by atoms with van der Waals surface area (Å²) in [5, 5.41) is 3.74. The van der Waals surface area contributed by atoms with E-state index >= 15 is 0 Å². The average molecular weight is 266 g/mol. The summed E-state index contributed by atoms with van der Waals surface area (Å²) in [5.41, 5.74) is 0.759. The van der Waals surface area contributed by atoms with E-state index in [1.54, 1.807) is 0 Å². The topological polar surface area (TPSA) is 15.3 Å². The first kappa shape index (κ1) is 15.3. The van der Waals surface area contributed by atoms with Crippen LogP contribution < -0.4 is 5.32 Å². The van der Waals surface area contributed by atoms with E-state index in [1.165, 1.54) is 71.0 Å². The van der Waals surface area contributed by atoms with Crippen LogP contribution in [0.3, 0.4) is 0 Å². The van der Waals surface area contributed by atoms with E-state index in [1.807, 2.05) is 0 Å². The summed E-state index contributed by atoms with van der Waals surface area (Å²) in [7, 11) is 0. The lowest BCUT2D eigenvalue weighted by Gasteiger charge is -2.44. The molecule has 2 unspecified atom stereocenters. The molecule has 0 radical (unpaired) electrons. The largest absolute Gasteiger partial charge is 0.312 e. The fourth-order valence-electron chi connectivity index (χ4n) is 4.27. The molecule has 1 N–H and O–H groups in total. The highest BCUT2D eigenvalue weighted by Gasteiger charge is 2.38. The zero-order chi connectivity index (χ0) is 13.7. The van der Waals surface area contributed by atoms with Crippen molar-refractivity contribution in [1.29, 1.82) is 0 Å². The predicted molar refractivity (Wildman–Crippen MR) is 83.5 cm³/mol. The Balaban J connectivity index is 1.81. The second-order valence-corrected chi connectivity index (χ2v) is 6.95. The van der Waals surface area contributed by atoms with E-state index in [-0.39, 0.29) is 0 Å². The van der Waals surface area contributed by atoms with Crippen LogP contribution in [0.4, 0.5) is 0 Å². The molecule has 0 aromatic carbocycles. The molecule has 1 aliphatic heterocycles. The number of rotatable bonds is 6. The van der Waals surface area contributed by atoms with Gasteiger partial charge in [0.2, 0.25) is 0 Å². The van der Waals surface area contributed by atoms with Crippen LogP contribution in [-0.2, 0) is 0 Å². The van der Waals surface area contributed by atoms with Gasteiger partial charge in [-0.3, -0.25) is 4.90 Å². The van der Waals surface area contributed by atoms with Crippen LogP contribution in [0.25, 0.3) is 0 Å². The molecule has 1 aliphatic carbocycles. The smallest absolute Gasteiger partial charge is 0.0220 e. The third kappa shape index (κ3) is 3.72. The Hall–Kier alpha value is -0.0800. The van der Waals surface area contributed by atoms with Crippen LogP contribution in [0.1, 0.15) is 72.1 Å². The van der Waals surface area contributed by atoms with Gasteiger partial charge >= 0.3 is 0 Å². The summed E-state index contributed by atoms with van der Waals surface area (Å²) < 4.78 is 0.